The van der Waals surface area contributed by atoms with Crippen molar-refractivity contribution in [3.63, 3.8) is 0 Å². The van der Waals surface area contributed by atoms with Gasteiger partial charge in [0.1, 0.15) is 6.10 Å². The third-order valence-corrected chi connectivity index (χ3v) is 5.83. The van der Waals surface area contributed by atoms with Crippen LogP contribution in [0.3, 0.4) is 0 Å². The number of hydrogen-bond acceptors (Lipinski definition) is 6. The molecule has 1 heterocycles. The van der Waals surface area contributed by atoms with Crippen molar-refractivity contribution < 1.29 is 24.7 Å². The Labute approximate surface area is 148 Å². The van der Waals surface area contributed by atoms with Gasteiger partial charge in [-0.3, -0.25) is 24.6 Å². The van der Waals surface area contributed by atoms with Crippen LogP contribution in [0.1, 0.15) is 18.1 Å². The van der Waals surface area contributed by atoms with Crippen molar-refractivity contribution >= 4 is 17.5 Å². The number of aliphatic hydroxyl groups is 2. The zero-order valence-corrected chi connectivity index (χ0v) is 13.8. The van der Waals surface area contributed by atoms with E-state index in [0.717, 1.165) is 11.3 Å². The monoisotopic (exact) mass is 358 g/mol. The van der Waals surface area contributed by atoms with Crippen molar-refractivity contribution in [2.75, 3.05) is 6.61 Å². The van der Waals surface area contributed by atoms with Gasteiger partial charge in [0.25, 0.3) is 5.69 Å². The number of nitrogens with zero attached hydrogens (tertiary/aromatic N) is 2. The number of non-ortho nitro benzene ring substituents is 1. The van der Waals surface area contributed by atoms with E-state index < -0.39 is 35.5 Å². The zero-order chi connectivity index (χ0) is 18.6. The van der Waals surface area contributed by atoms with Crippen LogP contribution in [0.15, 0.2) is 36.4 Å². The van der Waals surface area contributed by atoms with Crippen molar-refractivity contribution in [1.82, 2.24) is 4.90 Å². The summed E-state index contributed by atoms with van der Waals surface area (Å²) in [4.78, 5) is 36.8. The largest absolute Gasteiger partial charge is 0.394 e. The summed E-state index contributed by atoms with van der Waals surface area (Å²) in [5.74, 6) is -1.43. The van der Waals surface area contributed by atoms with Crippen molar-refractivity contribution in [2.45, 2.75) is 18.6 Å². The molecule has 2 fully saturated rings. The number of carbonyl (C=O) groups is 2. The van der Waals surface area contributed by atoms with Gasteiger partial charge in [-0.2, -0.15) is 0 Å². The third-order valence-electron chi connectivity index (χ3n) is 5.83. The van der Waals surface area contributed by atoms with Crippen molar-refractivity contribution in [3.8, 4) is 0 Å². The Balaban J connectivity index is 1.60. The number of aliphatic hydroxyl groups excluding tert-OH is 2. The summed E-state index contributed by atoms with van der Waals surface area (Å²) >= 11 is 0. The molecule has 0 spiro atoms. The fraction of sp³-hybridized carbons (Fsp3) is 0.444. The van der Waals surface area contributed by atoms with Gasteiger partial charge in [-0.15, -0.1) is 0 Å². The molecule has 136 valence electrons. The first-order valence-corrected chi connectivity index (χ1v) is 8.52. The molecular weight excluding hydrogens is 340 g/mol. The van der Waals surface area contributed by atoms with Gasteiger partial charge in [0.2, 0.25) is 11.8 Å². The summed E-state index contributed by atoms with van der Waals surface area (Å²) < 4.78 is 0. The first-order valence-electron chi connectivity index (χ1n) is 8.52. The molecule has 6 atom stereocenters. The van der Waals surface area contributed by atoms with E-state index in [2.05, 4.69) is 0 Å². The van der Waals surface area contributed by atoms with Crippen LogP contribution >= 0.6 is 0 Å². The average molecular weight is 358 g/mol. The van der Waals surface area contributed by atoms with Crippen LogP contribution in [0.4, 0.5) is 5.69 Å². The molecule has 2 amide bonds. The fourth-order valence-corrected chi connectivity index (χ4v) is 4.59. The molecule has 8 nitrogen and oxygen atoms in total. The van der Waals surface area contributed by atoms with Gasteiger partial charge < -0.3 is 10.2 Å². The van der Waals surface area contributed by atoms with Crippen molar-refractivity contribution in [3.05, 3.63) is 52.1 Å². The molecule has 4 rings (SSSR count). The van der Waals surface area contributed by atoms with E-state index in [1.165, 1.54) is 24.3 Å². The Kier molecular flexibility index (Phi) is 3.89. The summed E-state index contributed by atoms with van der Waals surface area (Å²) in [7, 11) is 0. The Bertz CT molecular complexity index is 774. The van der Waals surface area contributed by atoms with Crippen LogP contribution in [-0.2, 0) is 9.59 Å². The number of allylic oxidation sites excluding steroid dienone is 2. The second-order valence-electron chi connectivity index (χ2n) is 7.09. The molecule has 0 aromatic heterocycles. The van der Waals surface area contributed by atoms with Gasteiger partial charge >= 0.3 is 0 Å². The lowest BCUT2D eigenvalue weighted by Gasteiger charge is -2.30. The molecule has 26 heavy (non-hydrogen) atoms. The minimum atomic E-state index is -1.32. The maximum Gasteiger partial charge on any atom is 0.269 e. The highest BCUT2D eigenvalue weighted by molar-refractivity contribution is 6.06. The van der Waals surface area contributed by atoms with E-state index in [1.807, 2.05) is 12.2 Å². The standard InChI is InChI=1S/C18H18N2O6/c21-8-13(16(22)9-3-5-12(6-4-9)20(25)26)19-17(23)14-10-1-2-11(7-10)15(14)18(19)24/h1-6,10-11,13-16,21-22H,7-8H2/t10-,11-,13+,14-,15+,16+/m0/s1. The van der Waals surface area contributed by atoms with E-state index in [4.69, 9.17) is 0 Å². The minimum absolute atomic E-state index is 0.0438. The lowest BCUT2D eigenvalue weighted by atomic mass is 9.85. The Morgan fingerprint density at radius 3 is 2.12 bits per heavy atom. The summed E-state index contributed by atoms with van der Waals surface area (Å²) in [6.45, 7) is -0.585. The summed E-state index contributed by atoms with van der Waals surface area (Å²) in [6.07, 6.45) is 3.43. The summed E-state index contributed by atoms with van der Waals surface area (Å²) in [6, 6.07) is 4.09. The van der Waals surface area contributed by atoms with E-state index in [1.54, 1.807) is 0 Å². The SMILES string of the molecule is O=C1[C@@H]2[C@H](C(=O)N1[C@H](CO)[C@H](O)c1ccc([N+](=O)[O-])cc1)[C@H]1C=C[C@H]2C1. The fourth-order valence-electron chi connectivity index (χ4n) is 4.59. The highest BCUT2D eigenvalue weighted by Gasteiger charge is 2.60. The van der Waals surface area contributed by atoms with Crippen LogP contribution in [-0.4, -0.2) is 44.5 Å². The smallest absolute Gasteiger partial charge is 0.269 e. The van der Waals surface area contributed by atoms with E-state index in [0.29, 0.717) is 5.56 Å². The number of fused-ring (bicyclic) bond motifs is 5. The third kappa shape index (κ3) is 2.29. The van der Waals surface area contributed by atoms with Crippen LogP contribution in [0, 0.1) is 33.8 Å². The molecule has 1 saturated heterocycles. The molecule has 1 aromatic carbocycles. The molecule has 0 unspecified atom stereocenters. The molecule has 2 N–H and O–H groups in total. The zero-order valence-electron chi connectivity index (χ0n) is 13.8. The van der Waals surface area contributed by atoms with E-state index >= 15 is 0 Å². The molecule has 3 aliphatic rings. The highest BCUT2D eigenvalue weighted by Crippen LogP contribution is 2.53. The van der Waals surface area contributed by atoms with Crippen LogP contribution in [0.2, 0.25) is 0 Å². The molecule has 0 radical (unpaired) electrons. The quantitative estimate of drug-likeness (QED) is 0.347. The van der Waals surface area contributed by atoms with Crippen LogP contribution < -0.4 is 0 Å². The Hall–Kier alpha value is -2.58. The number of imide groups is 1. The van der Waals surface area contributed by atoms with Gasteiger partial charge in [-0.25, -0.2) is 0 Å². The number of carbonyl (C=O) groups excluding carboxylic acids is 2. The molecule has 2 aliphatic carbocycles. The number of nitro groups is 1. The Morgan fingerprint density at radius 2 is 1.65 bits per heavy atom. The summed E-state index contributed by atoms with van der Waals surface area (Å²) in [5.41, 5.74) is 0.167. The molecular formula is C18H18N2O6. The lowest BCUT2D eigenvalue weighted by Crippen LogP contribution is -2.47. The van der Waals surface area contributed by atoms with E-state index in [9.17, 15) is 29.9 Å². The topological polar surface area (TPSA) is 121 Å². The van der Waals surface area contributed by atoms with Crippen molar-refractivity contribution in [2.24, 2.45) is 23.7 Å². The average Bonchev–Trinajstić information content (AvgIpc) is 3.31. The summed E-state index contributed by atoms with van der Waals surface area (Å²) in [5, 5.41) is 31.1. The number of rotatable bonds is 5. The minimum Gasteiger partial charge on any atom is -0.394 e. The maximum atomic E-state index is 12.8. The van der Waals surface area contributed by atoms with Gasteiger partial charge in [0.15, 0.2) is 0 Å². The number of amides is 2. The first kappa shape index (κ1) is 16.9. The lowest BCUT2D eigenvalue weighted by molar-refractivity contribution is -0.384. The van der Waals surface area contributed by atoms with Crippen molar-refractivity contribution in [1.29, 1.82) is 0 Å². The van der Waals surface area contributed by atoms with Gasteiger partial charge in [0, 0.05) is 12.1 Å². The van der Waals surface area contributed by atoms with Gasteiger partial charge in [-0.05, 0) is 36.0 Å². The van der Waals surface area contributed by atoms with Crippen LogP contribution in [0.25, 0.3) is 0 Å². The maximum absolute atomic E-state index is 12.8. The number of nitro benzene ring substituents is 1. The predicted octanol–water partition coefficient (Wildman–Crippen LogP) is 0.796. The van der Waals surface area contributed by atoms with Gasteiger partial charge in [0.05, 0.1) is 29.4 Å². The Morgan fingerprint density at radius 1 is 1.12 bits per heavy atom. The predicted molar refractivity (Wildman–Crippen MR) is 88.5 cm³/mol. The van der Waals surface area contributed by atoms with E-state index in [-0.39, 0.29) is 29.3 Å². The molecule has 1 aromatic rings. The first-order chi connectivity index (χ1) is 12.4. The number of hydrogen-bond donors (Lipinski definition) is 2. The normalized spacial score (nSPS) is 31.4. The molecule has 2 bridgehead atoms. The second kappa shape index (κ2) is 6.00. The van der Waals surface area contributed by atoms with Crippen LogP contribution in [0.5, 0.6) is 0 Å². The molecule has 8 heteroatoms. The molecule has 1 aliphatic heterocycles. The molecule has 1 saturated carbocycles. The second-order valence-corrected chi connectivity index (χ2v) is 7.09. The number of likely N-dealkylation sites (tertiary alicyclic amines) is 1. The highest BCUT2D eigenvalue weighted by atomic mass is 16.6. The number of benzene rings is 1. The van der Waals surface area contributed by atoms with Gasteiger partial charge in [-0.1, -0.05) is 12.2 Å².